The molecular weight excluding hydrogens is 342 g/mol. The first-order valence-electron chi connectivity index (χ1n) is 8.13. The highest BCUT2D eigenvalue weighted by molar-refractivity contribution is 7.91. The zero-order valence-electron chi connectivity index (χ0n) is 14.7. The van der Waals surface area contributed by atoms with E-state index in [0.29, 0.717) is 17.7 Å². The Morgan fingerprint density at radius 1 is 1.32 bits per heavy atom. The van der Waals surface area contributed by atoms with Gasteiger partial charge in [0.15, 0.2) is 16.4 Å². The van der Waals surface area contributed by atoms with Crippen molar-refractivity contribution in [3.63, 3.8) is 0 Å². The predicted octanol–water partition coefficient (Wildman–Crippen LogP) is 2.32. The van der Waals surface area contributed by atoms with E-state index in [2.05, 4.69) is 0 Å². The average molecular weight is 365 g/mol. The number of ether oxygens (including phenoxy) is 1. The second-order valence-electron chi connectivity index (χ2n) is 6.13. The molecule has 1 saturated heterocycles. The number of esters is 1. The first kappa shape index (κ1) is 19.2. The van der Waals surface area contributed by atoms with Gasteiger partial charge in [-0.05, 0) is 33.3 Å². The summed E-state index contributed by atoms with van der Waals surface area (Å²) in [4.78, 5) is 23.9. The molecule has 1 atom stereocenters. The summed E-state index contributed by atoms with van der Waals surface area (Å²) in [5.74, 6) is -0.606. The van der Waals surface area contributed by atoms with Gasteiger partial charge in [0, 0.05) is 29.1 Å². The SMILES string of the molecule is C/C=C/C=C/C(=O)OCC(=O)c1cc(C)n([C@@H]2CCS(=O)(=O)C2)c1C. The minimum absolute atomic E-state index is 0.0989. The van der Waals surface area contributed by atoms with E-state index in [0.717, 1.165) is 5.69 Å². The molecule has 136 valence electrons. The fourth-order valence-corrected chi connectivity index (χ4v) is 4.81. The molecule has 0 N–H and O–H groups in total. The summed E-state index contributed by atoms with van der Waals surface area (Å²) in [7, 11) is -3.01. The van der Waals surface area contributed by atoms with Gasteiger partial charge < -0.3 is 9.30 Å². The maximum absolute atomic E-state index is 12.4. The zero-order chi connectivity index (χ0) is 18.6. The molecule has 7 heteroatoms. The molecule has 0 bridgehead atoms. The van der Waals surface area contributed by atoms with Crippen LogP contribution in [0.5, 0.6) is 0 Å². The summed E-state index contributed by atoms with van der Waals surface area (Å²) in [6.45, 7) is 5.12. The van der Waals surface area contributed by atoms with Gasteiger partial charge in [-0.3, -0.25) is 4.79 Å². The topological polar surface area (TPSA) is 82.4 Å². The molecule has 0 unspecified atom stereocenters. The molecule has 0 aliphatic carbocycles. The second-order valence-corrected chi connectivity index (χ2v) is 8.36. The third kappa shape index (κ3) is 4.69. The summed E-state index contributed by atoms with van der Waals surface area (Å²) in [6.07, 6.45) is 6.80. The molecular formula is C18H23NO5S. The Kier molecular flexibility index (Phi) is 6.00. The number of rotatable bonds is 6. The van der Waals surface area contributed by atoms with Crippen molar-refractivity contribution in [3.8, 4) is 0 Å². The van der Waals surface area contributed by atoms with Crippen LogP contribution in [-0.2, 0) is 19.4 Å². The Hall–Kier alpha value is -2.15. The predicted molar refractivity (Wildman–Crippen MR) is 95.5 cm³/mol. The molecule has 0 amide bonds. The smallest absolute Gasteiger partial charge is 0.331 e. The third-order valence-electron chi connectivity index (χ3n) is 4.24. The first-order valence-corrected chi connectivity index (χ1v) is 9.95. The number of aryl methyl sites for hydroxylation is 1. The summed E-state index contributed by atoms with van der Waals surface area (Å²) in [5.41, 5.74) is 2.01. The van der Waals surface area contributed by atoms with E-state index in [1.165, 1.54) is 6.08 Å². The van der Waals surface area contributed by atoms with E-state index in [1.54, 1.807) is 31.2 Å². The van der Waals surface area contributed by atoms with Crippen molar-refractivity contribution in [2.24, 2.45) is 0 Å². The molecule has 0 saturated carbocycles. The molecule has 1 aliphatic rings. The lowest BCUT2D eigenvalue weighted by molar-refractivity contribution is -0.136. The van der Waals surface area contributed by atoms with Gasteiger partial charge in [-0.1, -0.05) is 18.2 Å². The molecule has 1 aliphatic heterocycles. The van der Waals surface area contributed by atoms with Gasteiger partial charge >= 0.3 is 5.97 Å². The fraction of sp³-hybridized carbons (Fsp3) is 0.444. The van der Waals surface area contributed by atoms with Gasteiger partial charge in [0.2, 0.25) is 5.78 Å². The van der Waals surface area contributed by atoms with Crippen molar-refractivity contribution in [2.45, 2.75) is 33.2 Å². The lowest BCUT2D eigenvalue weighted by Gasteiger charge is -2.16. The Labute approximate surface area is 148 Å². The van der Waals surface area contributed by atoms with Crippen LogP contribution in [0.25, 0.3) is 0 Å². The van der Waals surface area contributed by atoms with Crippen LogP contribution < -0.4 is 0 Å². The monoisotopic (exact) mass is 365 g/mol. The van der Waals surface area contributed by atoms with Gasteiger partial charge in [-0.25, -0.2) is 13.2 Å². The van der Waals surface area contributed by atoms with Crippen molar-refractivity contribution in [1.82, 2.24) is 4.57 Å². The van der Waals surface area contributed by atoms with E-state index >= 15 is 0 Å². The number of sulfone groups is 1. The van der Waals surface area contributed by atoms with Crippen LogP contribution in [0.1, 0.15) is 41.1 Å². The van der Waals surface area contributed by atoms with Crippen LogP contribution >= 0.6 is 0 Å². The maximum Gasteiger partial charge on any atom is 0.331 e. The number of carbonyl (C=O) groups is 2. The van der Waals surface area contributed by atoms with E-state index in [4.69, 9.17) is 4.74 Å². The molecule has 1 aromatic heterocycles. The molecule has 1 aromatic rings. The van der Waals surface area contributed by atoms with Crippen LogP contribution in [0.4, 0.5) is 0 Å². The molecule has 25 heavy (non-hydrogen) atoms. The molecule has 0 aromatic carbocycles. The Morgan fingerprint density at radius 3 is 2.64 bits per heavy atom. The minimum Gasteiger partial charge on any atom is -0.454 e. The van der Waals surface area contributed by atoms with Gasteiger partial charge in [0.1, 0.15) is 0 Å². The number of allylic oxidation sites excluding steroid dienone is 3. The quantitative estimate of drug-likeness (QED) is 0.334. The minimum atomic E-state index is -3.01. The first-order chi connectivity index (χ1) is 11.7. The number of ketones is 1. The molecule has 6 nitrogen and oxygen atoms in total. The fourth-order valence-electron chi connectivity index (χ4n) is 3.11. The van der Waals surface area contributed by atoms with Gasteiger partial charge in [0.05, 0.1) is 11.5 Å². The lowest BCUT2D eigenvalue weighted by Crippen LogP contribution is -2.16. The van der Waals surface area contributed by atoms with Crippen LogP contribution in [0.3, 0.4) is 0 Å². The zero-order valence-corrected chi connectivity index (χ0v) is 15.5. The highest BCUT2D eigenvalue weighted by Crippen LogP contribution is 2.29. The Bertz CT molecular complexity index is 830. The summed E-state index contributed by atoms with van der Waals surface area (Å²) in [6, 6.07) is 1.59. The maximum atomic E-state index is 12.4. The summed E-state index contributed by atoms with van der Waals surface area (Å²) < 4.78 is 30.3. The van der Waals surface area contributed by atoms with Crippen molar-refractivity contribution in [2.75, 3.05) is 18.1 Å². The van der Waals surface area contributed by atoms with Crippen LogP contribution in [0.15, 0.2) is 30.4 Å². The summed E-state index contributed by atoms with van der Waals surface area (Å²) in [5, 5.41) is 0. The third-order valence-corrected chi connectivity index (χ3v) is 5.99. The number of Topliss-reactive ketones (excluding diaryl/α,β-unsaturated/α-hetero) is 1. The largest absolute Gasteiger partial charge is 0.454 e. The lowest BCUT2D eigenvalue weighted by atomic mass is 10.1. The summed E-state index contributed by atoms with van der Waals surface area (Å²) >= 11 is 0. The van der Waals surface area contributed by atoms with Crippen LogP contribution in [-0.4, -0.2) is 42.9 Å². The number of aromatic nitrogens is 1. The van der Waals surface area contributed by atoms with Crippen molar-refractivity contribution >= 4 is 21.6 Å². The highest BCUT2D eigenvalue weighted by atomic mass is 32.2. The van der Waals surface area contributed by atoms with Crippen LogP contribution in [0, 0.1) is 13.8 Å². The molecule has 0 radical (unpaired) electrons. The molecule has 2 heterocycles. The number of hydrogen-bond donors (Lipinski definition) is 0. The van der Waals surface area contributed by atoms with Gasteiger partial charge in [0.25, 0.3) is 0 Å². The Morgan fingerprint density at radius 2 is 2.04 bits per heavy atom. The normalized spacial score (nSPS) is 19.7. The second kappa shape index (κ2) is 7.82. The average Bonchev–Trinajstić information content (AvgIpc) is 3.04. The highest BCUT2D eigenvalue weighted by Gasteiger charge is 2.31. The van der Waals surface area contributed by atoms with E-state index in [-0.39, 0.29) is 29.9 Å². The Balaban J connectivity index is 2.09. The number of carbonyl (C=O) groups excluding carboxylic acids is 2. The molecule has 0 spiro atoms. The number of hydrogen-bond acceptors (Lipinski definition) is 5. The van der Waals surface area contributed by atoms with E-state index in [1.807, 2.05) is 18.4 Å². The van der Waals surface area contributed by atoms with Gasteiger partial charge in [-0.15, -0.1) is 0 Å². The van der Waals surface area contributed by atoms with Gasteiger partial charge in [-0.2, -0.15) is 0 Å². The number of nitrogens with zero attached hydrogens (tertiary/aromatic N) is 1. The van der Waals surface area contributed by atoms with Crippen LogP contribution in [0.2, 0.25) is 0 Å². The van der Waals surface area contributed by atoms with Crippen molar-refractivity contribution < 1.29 is 22.7 Å². The van der Waals surface area contributed by atoms with E-state index < -0.39 is 15.8 Å². The molecule has 1 fully saturated rings. The van der Waals surface area contributed by atoms with Crippen molar-refractivity contribution in [1.29, 1.82) is 0 Å². The van der Waals surface area contributed by atoms with Crippen molar-refractivity contribution in [3.05, 3.63) is 47.3 Å². The van der Waals surface area contributed by atoms with E-state index in [9.17, 15) is 18.0 Å². The molecule has 2 rings (SSSR count). The standard InChI is InChI=1S/C18H23NO5S/c1-4-5-6-7-18(21)24-11-17(20)16-10-13(2)19(14(16)3)15-8-9-25(22,23)12-15/h4-7,10,15H,8-9,11-12H2,1-3H3/b5-4+,7-6+/t15-/m1/s1.